The number of Topliss-reactive ketones (excluding diaryl/α,β-unsaturated/α-hetero) is 1. The second-order valence-corrected chi connectivity index (χ2v) is 5.72. The number of ketones is 1. The van der Waals surface area contributed by atoms with Gasteiger partial charge in [-0.1, -0.05) is 53.6 Å². The Labute approximate surface area is 140 Å². The monoisotopic (exact) mass is 330 g/mol. The predicted molar refractivity (Wildman–Crippen MR) is 91.8 cm³/mol. The van der Waals surface area contributed by atoms with E-state index in [0.29, 0.717) is 23.7 Å². The summed E-state index contributed by atoms with van der Waals surface area (Å²) in [4.78, 5) is 23.7. The SMILES string of the molecule is Cc1ccc(C(=O)CCNC(=O)NCc2cccc(Cl)c2)cc1. The van der Waals surface area contributed by atoms with Crippen LogP contribution < -0.4 is 10.6 Å². The van der Waals surface area contributed by atoms with Crippen molar-refractivity contribution < 1.29 is 9.59 Å². The fraction of sp³-hybridized carbons (Fsp3) is 0.222. The normalized spacial score (nSPS) is 10.2. The third-order valence-corrected chi connectivity index (χ3v) is 3.59. The lowest BCUT2D eigenvalue weighted by Gasteiger charge is -2.08. The first-order valence-corrected chi connectivity index (χ1v) is 7.78. The van der Waals surface area contributed by atoms with Gasteiger partial charge in [0, 0.05) is 30.1 Å². The van der Waals surface area contributed by atoms with E-state index in [1.165, 1.54) is 0 Å². The van der Waals surface area contributed by atoms with Crippen molar-refractivity contribution in [3.63, 3.8) is 0 Å². The van der Waals surface area contributed by atoms with E-state index in [-0.39, 0.29) is 18.2 Å². The third kappa shape index (κ3) is 5.75. The molecule has 0 heterocycles. The number of hydrogen-bond donors (Lipinski definition) is 2. The van der Waals surface area contributed by atoms with Crippen LogP contribution >= 0.6 is 11.6 Å². The van der Waals surface area contributed by atoms with Gasteiger partial charge < -0.3 is 10.6 Å². The van der Waals surface area contributed by atoms with Gasteiger partial charge in [0.2, 0.25) is 0 Å². The van der Waals surface area contributed by atoms with E-state index in [1.807, 2.05) is 31.2 Å². The molecule has 0 saturated carbocycles. The summed E-state index contributed by atoms with van der Waals surface area (Å²) >= 11 is 5.88. The maximum absolute atomic E-state index is 12.0. The minimum absolute atomic E-state index is 0.0140. The van der Waals surface area contributed by atoms with Crippen molar-refractivity contribution in [3.8, 4) is 0 Å². The standard InChI is InChI=1S/C18H19ClN2O2/c1-13-5-7-15(8-6-13)17(22)9-10-20-18(23)21-12-14-3-2-4-16(19)11-14/h2-8,11H,9-10,12H2,1H3,(H2,20,21,23). The van der Waals surface area contributed by atoms with Crippen molar-refractivity contribution >= 4 is 23.4 Å². The molecular weight excluding hydrogens is 312 g/mol. The maximum Gasteiger partial charge on any atom is 0.315 e. The van der Waals surface area contributed by atoms with E-state index >= 15 is 0 Å². The molecule has 0 aliphatic carbocycles. The lowest BCUT2D eigenvalue weighted by atomic mass is 10.1. The molecule has 4 nitrogen and oxygen atoms in total. The van der Waals surface area contributed by atoms with E-state index in [1.54, 1.807) is 24.3 Å². The molecule has 0 aliphatic rings. The minimum atomic E-state index is -0.304. The highest BCUT2D eigenvalue weighted by Gasteiger charge is 2.06. The van der Waals surface area contributed by atoms with Crippen molar-refractivity contribution in [1.82, 2.24) is 10.6 Å². The number of aryl methyl sites for hydroxylation is 1. The van der Waals surface area contributed by atoms with Crippen LogP contribution in [0, 0.1) is 6.92 Å². The van der Waals surface area contributed by atoms with Crippen molar-refractivity contribution in [2.24, 2.45) is 0 Å². The van der Waals surface area contributed by atoms with Crippen LogP contribution in [0.3, 0.4) is 0 Å². The summed E-state index contributed by atoms with van der Waals surface area (Å²) in [7, 11) is 0. The van der Waals surface area contributed by atoms with Crippen LogP contribution in [0.25, 0.3) is 0 Å². The predicted octanol–water partition coefficient (Wildman–Crippen LogP) is 3.72. The Morgan fingerprint density at radius 1 is 1.04 bits per heavy atom. The van der Waals surface area contributed by atoms with Gasteiger partial charge in [-0.2, -0.15) is 0 Å². The summed E-state index contributed by atoms with van der Waals surface area (Å²) in [5.41, 5.74) is 2.69. The summed E-state index contributed by atoms with van der Waals surface area (Å²) in [6.45, 7) is 2.66. The van der Waals surface area contributed by atoms with Crippen LogP contribution in [0.15, 0.2) is 48.5 Å². The van der Waals surface area contributed by atoms with Crippen molar-refractivity contribution in [2.75, 3.05) is 6.54 Å². The second kappa shape index (κ2) is 8.34. The number of halogens is 1. The molecule has 0 unspecified atom stereocenters. The van der Waals surface area contributed by atoms with Crippen LogP contribution in [0.2, 0.25) is 5.02 Å². The fourth-order valence-corrected chi connectivity index (χ4v) is 2.28. The highest BCUT2D eigenvalue weighted by molar-refractivity contribution is 6.30. The Kier molecular flexibility index (Phi) is 6.18. The van der Waals surface area contributed by atoms with E-state index in [9.17, 15) is 9.59 Å². The number of urea groups is 1. The van der Waals surface area contributed by atoms with Crippen molar-refractivity contribution in [1.29, 1.82) is 0 Å². The van der Waals surface area contributed by atoms with Crippen LogP contribution in [-0.2, 0) is 6.54 Å². The smallest absolute Gasteiger partial charge is 0.315 e. The molecule has 2 amide bonds. The molecule has 0 bridgehead atoms. The fourth-order valence-electron chi connectivity index (χ4n) is 2.07. The summed E-state index contributed by atoms with van der Waals surface area (Å²) < 4.78 is 0. The molecule has 0 saturated heterocycles. The molecule has 0 radical (unpaired) electrons. The highest BCUT2D eigenvalue weighted by atomic mass is 35.5. The first-order valence-electron chi connectivity index (χ1n) is 7.40. The Balaban J connectivity index is 1.70. The zero-order valence-corrected chi connectivity index (χ0v) is 13.7. The zero-order chi connectivity index (χ0) is 16.7. The quantitative estimate of drug-likeness (QED) is 0.793. The van der Waals surface area contributed by atoms with Crippen LogP contribution in [0.1, 0.15) is 27.9 Å². The Bertz CT molecular complexity index is 684. The maximum atomic E-state index is 12.0. The second-order valence-electron chi connectivity index (χ2n) is 5.28. The first-order chi connectivity index (χ1) is 11.0. The summed E-state index contributed by atoms with van der Waals surface area (Å²) in [5.74, 6) is 0.0140. The number of carbonyl (C=O) groups excluding carboxylic acids is 2. The first kappa shape index (κ1) is 17.0. The van der Waals surface area contributed by atoms with Crippen LogP contribution in [-0.4, -0.2) is 18.4 Å². The Morgan fingerprint density at radius 2 is 1.78 bits per heavy atom. The van der Waals surface area contributed by atoms with Gasteiger partial charge >= 0.3 is 6.03 Å². The molecular formula is C18H19ClN2O2. The van der Waals surface area contributed by atoms with E-state index in [2.05, 4.69) is 10.6 Å². The van der Waals surface area contributed by atoms with Gasteiger partial charge in [0.15, 0.2) is 5.78 Å². The number of rotatable bonds is 6. The molecule has 5 heteroatoms. The van der Waals surface area contributed by atoms with Gasteiger partial charge in [0.1, 0.15) is 0 Å². The number of hydrogen-bond acceptors (Lipinski definition) is 2. The van der Waals surface area contributed by atoms with Gasteiger partial charge in [-0.05, 0) is 24.6 Å². The molecule has 0 atom stereocenters. The molecule has 2 aromatic carbocycles. The average Bonchev–Trinajstić information content (AvgIpc) is 2.53. The summed E-state index contributed by atoms with van der Waals surface area (Å²) in [6, 6.07) is 14.4. The van der Waals surface area contributed by atoms with Crippen molar-refractivity contribution in [2.45, 2.75) is 19.9 Å². The van der Waals surface area contributed by atoms with Crippen molar-refractivity contribution in [3.05, 3.63) is 70.2 Å². The van der Waals surface area contributed by atoms with Gasteiger partial charge in [0.25, 0.3) is 0 Å². The topological polar surface area (TPSA) is 58.2 Å². The molecule has 0 spiro atoms. The van der Waals surface area contributed by atoms with E-state index < -0.39 is 0 Å². The summed E-state index contributed by atoms with van der Waals surface area (Å²) in [5, 5.41) is 6.04. The zero-order valence-electron chi connectivity index (χ0n) is 12.9. The van der Waals surface area contributed by atoms with Crippen LogP contribution in [0.4, 0.5) is 4.79 Å². The molecule has 0 aromatic heterocycles. The van der Waals surface area contributed by atoms with E-state index in [4.69, 9.17) is 11.6 Å². The lowest BCUT2D eigenvalue weighted by molar-refractivity contribution is 0.0983. The molecule has 23 heavy (non-hydrogen) atoms. The minimum Gasteiger partial charge on any atom is -0.338 e. The van der Waals surface area contributed by atoms with Gasteiger partial charge in [-0.25, -0.2) is 4.79 Å². The number of nitrogens with one attached hydrogen (secondary N) is 2. The molecule has 2 N–H and O–H groups in total. The average molecular weight is 331 g/mol. The van der Waals surface area contributed by atoms with Crippen LogP contribution in [0.5, 0.6) is 0 Å². The molecule has 2 aromatic rings. The molecule has 2 rings (SSSR count). The Hall–Kier alpha value is -2.33. The molecule has 0 fully saturated rings. The summed E-state index contributed by atoms with van der Waals surface area (Å²) in [6.07, 6.45) is 0.271. The highest BCUT2D eigenvalue weighted by Crippen LogP contribution is 2.10. The third-order valence-electron chi connectivity index (χ3n) is 3.35. The molecule has 120 valence electrons. The lowest BCUT2D eigenvalue weighted by Crippen LogP contribution is -2.36. The number of benzene rings is 2. The van der Waals surface area contributed by atoms with Gasteiger partial charge in [-0.15, -0.1) is 0 Å². The number of amides is 2. The van der Waals surface area contributed by atoms with E-state index in [0.717, 1.165) is 11.1 Å². The Morgan fingerprint density at radius 3 is 2.48 bits per heavy atom. The molecule has 0 aliphatic heterocycles. The van der Waals surface area contributed by atoms with Gasteiger partial charge in [-0.3, -0.25) is 4.79 Å². The van der Waals surface area contributed by atoms with Gasteiger partial charge in [0.05, 0.1) is 0 Å². The largest absolute Gasteiger partial charge is 0.338 e. The number of carbonyl (C=O) groups is 2.